The lowest BCUT2D eigenvalue weighted by atomic mass is 10.0. The second kappa shape index (κ2) is 8.27. The van der Waals surface area contributed by atoms with Crippen molar-refractivity contribution in [1.82, 2.24) is 14.7 Å². The molecule has 8 nitrogen and oxygen atoms in total. The predicted octanol–water partition coefficient (Wildman–Crippen LogP) is 2.72. The highest BCUT2D eigenvalue weighted by Crippen LogP contribution is 2.35. The monoisotopic (exact) mass is 446 g/mol. The molecule has 0 radical (unpaired) electrons. The number of hydrogen-bond acceptors (Lipinski definition) is 6. The van der Waals surface area contributed by atoms with Crippen LogP contribution in [0.2, 0.25) is 0 Å². The van der Waals surface area contributed by atoms with Crippen LogP contribution in [-0.2, 0) is 10.3 Å². The van der Waals surface area contributed by atoms with Gasteiger partial charge >= 0.3 is 0 Å². The highest BCUT2D eigenvalue weighted by molar-refractivity contribution is 5.84. The molecule has 170 valence electrons. The highest BCUT2D eigenvalue weighted by Gasteiger charge is 2.37. The van der Waals surface area contributed by atoms with E-state index < -0.39 is 5.54 Å². The Hall–Kier alpha value is -3.81. The van der Waals surface area contributed by atoms with E-state index in [1.54, 1.807) is 19.9 Å². The van der Waals surface area contributed by atoms with Crippen LogP contribution in [0, 0.1) is 0 Å². The molecule has 2 aliphatic heterocycles. The number of amides is 1. The Morgan fingerprint density at radius 2 is 1.64 bits per heavy atom. The van der Waals surface area contributed by atoms with Crippen molar-refractivity contribution < 1.29 is 14.3 Å². The molecule has 0 bridgehead atoms. The number of nitrogens with zero attached hydrogens (tertiary/aromatic N) is 4. The molecule has 2 aliphatic rings. The quantitative estimate of drug-likeness (QED) is 0.613. The number of carbonyl (C=O) groups is 1. The summed E-state index contributed by atoms with van der Waals surface area (Å²) in [5, 5.41) is 4.57. The number of piperazine rings is 1. The summed E-state index contributed by atoms with van der Waals surface area (Å²) in [7, 11) is 0. The lowest BCUT2D eigenvalue weighted by Gasteiger charge is -2.39. The van der Waals surface area contributed by atoms with Gasteiger partial charge in [-0.25, -0.2) is 4.68 Å². The maximum Gasteiger partial charge on any atom is 0.267 e. The van der Waals surface area contributed by atoms with Crippen LogP contribution in [-0.4, -0.2) is 53.6 Å². The zero-order valence-electron chi connectivity index (χ0n) is 18.7. The molecule has 0 atom stereocenters. The first-order valence-electron chi connectivity index (χ1n) is 11.0. The van der Waals surface area contributed by atoms with Crippen LogP contribution in [0.4, 0.5) is 5.69 Å². The second-order valence-electron chi connectivity index (χ2n) is 8.71. The molecule has 1 fully saturated rings. The number of carbonyl (C=O) groups excluding carboxylic acids is 1. The minimum Gasteiger partial charge on any atom is -0.454 e. The summed E-state index contributed by atoms with van der Waals surface area (Å²) >= 11 is 0. The van der Waals surface area contributed by atoms with Crippen LogP contribution in [0.1, 0.15) is 13.8 Å². The van der Waals surface area contributed by atoms with Gasteiger partial charge in [-0.1, -0.05) is 18.2 Å². The molecule has 0 spiro atoms. The molecule has 33 heavy (non-hydrogen) atoms. The van der Waals surface area contributed by atoms with Crippen LogP contribution >= 0.6 is 0 Å². The van der Waals surface area contributed by atoms with Crippen LogP contribution < -0.4 is 19.9 Å². The van der Waals surface area contributed by atoms with Crippen molar-refractivity contribution in [1.29, 1.82) is 0 Å². The van der Waals surface area contributed by atoms with Gasteiger partial charge in [-0.05, 0) is 50.2 Å². The summed E-state index contributed by atoms with van der Waals surface area (Å²) in [5.74, 6) is 1.20. The number of benzene rings is 2. The Morgan fingerprint density at radius 3 is 2.39 bits per heavy atom. The lowest BCUT2D eigenvalue weighted by molar-refractivity contribution is -0.140. The fourth-order valence-electron chi connectivity index (χ4n) is 4.31. The van der Waals surface area contributed by atoms with E-state index in [2.05, 4.69) is 22.1 Å². The van der Waals surface area contributed by atoms with Crippen molar-refractivity contribution in [3.63, 3.8) is 0 Å². The number of fused-ring (bicyclic) bond motifs is 1. The van der Waals surface area contributed by atoms with Gasteiger partial charge in [0.15, 0.2) is 11.5 Å². The normalized spacial score (nSPS) is 15.6. The summed E-state index contributed by atoms with van der Waals surface area (Å²) in [6.45, 7) is 6.34. The Labute approximate surface area is 192 Å². The van der Waals surface area contributed by atoms with Crippen LogP contribution in [0.15, 0.2) is 65.5 Å². The van der Waals surface area contributed by atoms with Crippen LogP contribution in [0.25, 0.3) is 11.3 Å². The topological polar surface area (TPSA) is 76.9 Å². The van der Waals surface area contributed by atoms with Crippen molar-refractivity contribution in [3.05, 3.63) is 71.0 Å². The SMILES string of the molecule is CC(C)(C(=O)N1CCN(c2ccccc2)CC1)n1nc(-c2ccc3c(c2)OCO3)ccc1=O. The van der Waals surface area contributed by atoms with Gasteiger partial charge in [0.05, 0.1) is 5.69 Å². The molecule has 2 aromatic carbocycles. The molecule has 1 aromatic heterocycles. The lowest BCUT2D eigenvalue weighted by Crippen LogP contribution is -2.56. The molecule has 1 amide bonds. The maximum absolute atomic E-state index is 13.5. The summed E-state index contributed by atoms with van der Waals surface area (Å²) < 4.78 is 12.1. The Kier molecular flexibility index (Phi) is 5.28. The van der Waals surface area contributed by atoms with Gasteiger partial charge in [-0.3, -0.25) is 9.59 Å². The minimum atomic E-state index is -1.13. The third-order valence-electron chi connectivity index (χ3n) is 6.21. The first-order valence-corrected chi connectivity index (χ1v) is 11.0. The smallest absolute Gasteiger partial charge is 0.267 e. The summed E-state index contributed by atoms with van der Waals surface area (Å²) in [5.41, 5.74) is 1.08. The van der Waals surface area contributed by atoms with E-state index in [-0.39, 0.29) is 18.3 Å². The Balaban J connectivity index is 1.36. The van der Waals surface area contributed by atoms with Gasteiger partial charge in [0.2, 0.25) is 12.7 Å². The van der Waals surface area contributed by atoms with E-state index in [0.717, 1.165) is 24.3 Å². The van der Waals surface area contributed by atoms with E-state index in [1.807, 2.05) is 41.3 Å². The number of para-hydroxylation sites is 1. The molecular formula is C25H26N4O4. The largest absolute Gasteiger partial charge is 0.454 e. The molecule has 0 unspecified atom stereocenters. The number of aromatic nitrogens is 2. The fourth-order valence-corrected chi connectivity index (χ4v) is 4.31. The van der Waals surface area contributed by atoms with Crippen molar-refractivity contribution >= 4 is 11.6 Å². The van der Waals surface area contributed by atoms with Gasteiger partial charge < -0.3 is 19.3 Å². The zero-order chi connectivity index (χ0) is 23.0. The Bertz CT molecular complexity index is 1230. The van der Waals surface area contributed by atoms with Gasteiger partial charge in [-0.2, -0.15) is 5.10 Å². The second-order valence-corrected chi connectivity index (χ2v) is 8.71. The molecule has 0 aliphatic carbocycles. The first kappa shape index (κ1) is 21.1. The predicted molar refractivity (Wildman–Crippen MR) is 125 cm³/mol. The van der Waals surface area contributed by atoms with Gasteiger partial charge in [-0.15, -0.1) is 0 Å². The average Bonchev–Trinajstić information content (AvgIpc) is 3.32. The van der Waals surface area contributed by atoms with E-state index in [1.165, 1.54) is 10.7 Å². The van der Waals surface area contributed by atoms with Gasteiger partial charge in [0, 0.05) is 43.5 Å². The maximum atomic E-state index is 13.5. The summed E-state index contributed by atoms with van der Waals surface area (Å²) in [6, 6.07) is 18.8. The van der Waals surface area contributed by atoms with Gasteiger partial charge in [0.1, 0.15) is 5.54 Å². The number of hydrogen-bond donors (Lipinski definition) is 0. The molecule has 0 N–H and O–H groups in total. The standard InChI is InChI=1S/C25H26N4O4/c1-25(2,24(31)28-14-12-27(13-15-28)19-6-4-3-5-7-19)29-23(30)11-9-20(26-29)18-8-10-21-22(16-18)33-17-32-21/h3-11,16H,12-15,17H2,1-2H3. The molecular weight excluding hydrogens is 420 g/mol. The van der Waals surface area contributed by atoms with Crippen LogP contribution in [0.5, 0.6) is 11.5 Å². The average molecular weight is 447 g/mol. The van der Waals surface area contributed by atoms with Crippen molar-refractivity contribution in [2.45, 2.75) is 19.4 Å². The molecule has 5 rings (SSSR count). The van der Waals surface area contributed by atoms with E-state index in [9.17, 15) is 9.59 Å². The molecule has 8 heteroatoms. The first-order chi connectivity index (χ1) is 15.9. The van der Waals surface area contributed by atoms with Crippen molar-refractivity contribution in [2.24, 2.45) is 0 Å². The third-order valence-corrected chi connectivity index (χ3v) is 6.21. The number of anilines is 1. The number of rotatable bonds is 4. The molecule has 3 aromatic rings. The highest BCUT2D eigenvalue weighted by atomic mass is 16.7. The zero-order valence-corrected chi connectivity index (χ0v) is 18.7. The van der Waals surface area contributed by atoms with Gasteiger partial charge in [0.25, 0.3) is 5.56 Å². The minimum absolute atomic E-state index is 0.118. The molecule has 3 heterocycles. The van der Waals surface area contributed by atoms with Crippen molar-refractivity contribution in [2.75, 3.05) is 37.9 Å². The van der Waals surface area contributed by atoms with E-state index in [4.69, 9.17) is 9.47 Å². The Morgan fingerprint density at radius 1 is 0.909 bits per heavy atom. The van der Waals surface area contributed by atoms with E-state index in [0.29, 0.717) is 30.3 Å². The van der Waals surface area contributed by atoms with Crippen LogP contribution in [0.3, 0.4) is 0 Å². The fraction of sp³-hybridized carbons (Fsp3) is 0.320. The van der Waals surface area contributed by atoms with E-state index >= 15 is 0 Å². The number of ether oxygens (including phenoxy) is 2. The summed E-state index contributed by atoms with van der Waals surface area (Å²) in [4.78, 5) is 30.3. The summed E-state index contributed by atoms with van der Waals surface area (Å²) in [6.07, 6.45) is 0. The molecule has 0 saturated carbocycles. The van der Waals surface area contributed by atoms with Crippen molar-refractivity contribution in [3.8, 4) is 22.8 Å². The third kappa shape index (κ3) is 3.92. The molecule has 1 saturated heterocycles.